The number of nitrogens with one attached hydrogen (secondary N) is 1. The Bertz CT molecular complexity index is 612. The number of rotatable bonds is 3. The second-order valence-electron chi connectivity index (χ2n) is 5.84. The molecule has 0 aromatic carbocycles. The van der Waals surface area contributed by atoms with Crippen LogP contribution in [0.5, 0.6) is 0 Å². The number of hydrogen-bond donors (Lipinski definition) is 2. The summed E-state index contributed by atoms with van der Waals surface area (Å²) in [4.78, 5) is 8.69. The van der Waals surface area contributed by atoms with Crippen LogP contribution in [-0.2, 0) is 9.84 Å². The van der Waals surface area contributed by atoms with Crippen molar-refractivity contribution >= 4 is 21.5 Å². The van der Waals surface area contributed by atoms with Crippen molar-refractivity contribution in [1.82, 2.24) is 9.97 Å². The minimum Gasteiger partial charge on any atom is -0.384 e. The molecule has 2 heterocycles. The van der Waals surface area contributed by atoms with Gasteiger partial charge in [-0.2, -0.15) is 0 Å². The summed E-state index contributed by atoms with van der Waals surface area (Å²) in [7, 11) is -2.94. The number of nitrogen functional groups attached to an aromatic ring is 1. The molecule has 0 amide bonds. The lowest BCUT2D eigenvalue weighted by molar-refractivity contribution is 0.571. The highest BCUT2D eigenvalue weighted by Gasteiger charge is 2.38. The van der Waals surface area contributed by atoms with Crippen molar-refractivity contribution in [1.29, 1.82) is 0 Å². The lowest BCUT2D eigenvalue weighted by Gasteiger charge is -2.24. The summed E-state index contributed by atoms with van der Waals surface area (Å²) >= 11 is 0. The first-order valence-corrected chi connectivity index (χ1v) is 8.30. The molecule has 104 valence electrons. The highest BCUT2D eigenvalue weighted by atomic mass is 32.2. The molecule has 6 nitrogen and oxygen atoms in total. The van der Waals surface area contributed by atoms with Gasteiger partial charge in [0.15, 0.2) is 9.84 Å². The SMILES string of the molecule is CC1(Nc2cc(N)nc(C3CC3)n2)CCS(=O)(=O)C1. The number of aromatic nitrogens is 2. The van der Waals surface area contributed by atoms with Gasteiger partial charge in [-0.25, -0.2) is 18.4 Å². The van der Waals surface area contributed by atoms with E-state index in [9.17, 15) is 8.42 Å². The largest absolute Gasteiger partial charge is 0.384 e. The maximum atomic E-state index is 11.6. The Morgan fingerprint density at radius 3 is 2.74 bits per heavy atom. The lowest BCUT2D eigenvalue weighted by atomic mass is 10.0. The average molecular weight is 282 g/mol. The van der Waals surface area contributed by atoms with Gasteiger partial charge in [0.2, 0.25) is 0 Å². The highest BCUT2D eigenvalue weighted by molar-refractivity contribution is 7.91. The van der Waals surface area contributed by atoms with E-state index in [-0.39, 0.29) is 11.5 Å². The molecule has 1 aliphatic carbocycles. The summed E-state index contributed by atoms with van der Waals surface area (Å²) in [5.74, 6) is 2.63. The van der Waals surface area contributed by atoms with E-state index in [1.807, 2.05) is 6.92 Å². The van der Waals surface area contributed by atoms with Gasteiger partial charge < -0.3 is 11.1 Å². The third-order valence-corrected chi connectivity index (χ3v) is 5.54. The van der Waals surface area contributed by atoms with Gasteiger partial charge in [-0.05, 0) is 26.2 Å². The fourth-order valence-corrected chi connectivity index (χ4v) is 4.58. The van der Waals surface area contributed by atoms with Crippen molar-refractivity contribution in [2.24, 2.45) is 0 Å². The summed E-state index contributed by atoms with van der Waals surface area (Å²) < 4.78 is 23.2. The molecule has 2 fully saturated rings. The Hall–Kier alpha value is -1.37. The molecule has 1 saturated heterocycles. The lowest BCUT2D eigenvalue weighted by Crippen LogP contribution is -2.36. The maximum Gasteiger partial charge on any atom is 0.152 e. The van der Waals surface area contributed by atoms with Crippen molar-refractivity contribution < 1.29 is 8.42 Å². The van der Waals surface area contributed by atoms with Crippen LogP contribution in [0, 0.1) is 0 Å². The Kier molecular flexibility index (Phi) is 2.70. The van der Waals surface area contributed by atoms with Gasteiger partial charge in [-0.3, -0.25) is 0 Å². The van der Waals surface area contributed by atoms with E-state index in [0.717, 1.165) is 18.7 Å². The van der Waals surface area contributed by atoms with Crippen LogP contribution >= 0.6 is 0 Å². The minimum absolute atomic E-state index is 0.142. The van der Waals surface area contributed by atoms with Crippen molar-refractivity contribution in [3.63, 3.8) is 0 Å². The third-order valence-electron chi connectivity index (χ3n) is 3.64. The summed E-state index contributed by atoms with van der Waals surface area (Å²) in [5, 5.41) is 3.23. The second kappa shape index (κ2) is 4.06. The highest BCUT2D eigenvalue weighted by Crippen LogP contribution is 2.39. The topological polar surface area (TPSA) is 98.0 Å². The average Bonchev–Trinajstić information content (AvgIpc) is 3.05. The van der Waals surface area contributed by atoms with E-state index in [0.29, 0.717) is 24.0 Å². The van der Waals surface area contributed by atoms with E-state index in [4.69, 9.17) is 5.73 Å². The first kappa shape index (κ1) is 12.7. The molecule has 7 heteroatoms. The van der Waals surface area contributed by atoms with Crippen LogP contribution in [0.25, 0.3) is 0 Å². The number of anilines is 2. The van der Waals surface area contributed by atoms with Gasteiger partial charge in [-0.1, -0.05) is 0 Å². The second-order valence-corrected chi connectivity index (χ2v) is 8.02. The Balaban J connectivity index is 1.83. The Morgan fingerprint density at radius 2 is 2.16 bits per heavy atom. The molecule has 0 spiro atoms. The van der Waals surface area contributed by atoms with E-state index < -0.39 is 15.4 Å². The van der Waals surface area contributed by atoms with Crippen molar-refractivity contribution in [3.05, 3.63) is 11.9 Å². The monoisotopic (exact) mass is 282 g/mol. The third kappa shape index (κ3) is 2.80. The minimum atomic E-state index is -2.94. The fraction of sp³-hybridized carbons (Fsp3) is 0.667. The van der Waals surface area contributed by atoms with Crippen molar-refractivity contribution in [3.8, 4) is 0 Å². The molecule has 19 heavy (non-hydrogen) atoms. The quantitative estimate of drug-likeness (QED) is 0.855. The normalized spacial score (nSPS) is 29.3. The van der Waals surface area contributed by atoms with Crippen LogP contribution in [0.2, 0.25) is 0 Å². The Labute approximate surface area is 112 Å². The molecule has 2 aliphatic rings. The Morgan fingerprint density at radius 1 is 1.42 bits per heavy atom. The summed E-state index contributed by atoms with van der Waals surface area (Å²) in [6.07, 6.45) is 2.81. The summed E-state index contributed by atoms with van der Waals surface area (Å²) in [6.45, 7) is 1.91. The smallest absolute Gasteiger partial charge is 0.152 e. The van der Waals surface area contributed by atoms with Gasteiger partial charge >= 0.3 is 0 Å². The van der Waals surface area contributed by atoms with Gasteiger partial charge in [0.1, 0.15) is 17.5 Å². The van der Waals surface area contributed by atoms with E-state index in [1.165, 1.54) is 0 Å². The molecular weight excluding hydrogens is 264 g/mol. The molecule has 3 rings (SSSR count). The molecule has 1 aliphatic heterocycles. The zero-order chi connectivity index (χ0) is 13.7. The van der Waals surface area contributed by atoms with Gasteiger partial charge in [-0.15, -0.1) is 0 Å². The van der Waals surface area contributed by atoms with Crippen molar-refractivity contribution in [2.45, 2.75) is 37.6 Å². The van der Waals surface area contributed by atoms with E-state index in [2.05, 4.69) is 15.3 Å². The number of nitrogens with two attached hydrogens (primary N) is 1. The number of hydrogen-bond acceptors (Lipinski definition) is 6. The number of nitrogens with zero attached hydrogens (tertiary/aromatic N) is 2. The van der Waals surface area contributed by atoms with E-state index >= 15 is 0 Å². The summed E-state index contributed by atoms with van der Waals surface area (Å²) in [5.41, 5.74) is 5.33. The van der Waals surface area contributed by atoms with Crippen LogP contribution in [0.4, 0.5) is 11.6 Å². The first-order valence-electron chi connectivity index (χ1n) is 6.48. The zero-order valence-electron chi connectivity index (χ0n) is 10.9. The molecule has 3 N–H and O–H groups in total. The van der Waals surface area contributed by atoms with Crippen LogP contribution in [-0.4, -0.2) is 35.4 Å². The molecule has 0 radical (unpaired) electrons. The predicted octanol–water partition coefficient (Wildman–Crippen LogP) is 0.925. The van der Waals surface area contributed by atoms with Crippen LogP contribution in [0.1, 0.15) is 37.9 Å². The molecule has 1 unspecified atom stereocenters. The first-order chi connectivity index (χ1) is 8.85. The molecule has 1 aromatic rings. The summed E-state index contributed by atoms with van der Waals surface area (Å²) in [6, 6.07) is 1.67. The number of sulfone groups is 1. The van der Waals surface area contributed by atoms with Crippen LogP contribution in [0.15, 0.2) is 6.07 Å². The molecule has 1 saturated carbocycles. The van der Waals surface area contributed by atoms with Gasteiger partial charge in [0.05, 0.1) is 17.0 Å². The molecule has 1 atom stereocenters. The maximum absolute atomic E-state index is 11.6. The van der Waals surface area contributed by atoms with Gasteiger partial charge in [0.25, 0.3) is 0 Å². The molecule has 0 bridgehead atoms. The standard InChI is InChI=1S/C12H18N4O2S/c1-12(4-5-19(17,18)7-12)16-10-6-9(13)14-11(15-10)8-2-3-8/h6,8H,2-5,7H2,1H3,(H3,13,14,15,16). The molecular formula is C12H18N4O2S. The fourth-order valence-electron chi connectivity index (χ4n) is 2.49. The zero-order valence-corrected chi connectivity index (χ0v) is 11.7. The molecule has 1 aromatic heterocycles. The van der Waals surface area contributed by atoms with Crippen LogP contribution < -0.4 is 11.1 Å². The van der Waals surface area contributed by atoms with Crippen molar-refractivity contribution in [2.75, 3.05) is 22.6 Å². The van der Waals surface area contributed by atoms with Crippen LogP contribution in [0.3, 0.4) is 0 Å². The van der Waals surface area contributed by atoms with Gasteiger partial charge in [0, 0.05) is 12.0 Å². The van der Waals surface area contributed by atoms with E-state index in [1.54, 1.807) is 6.07 Å². The predicted molar refractivity (Wildman–Crippen MR) is 73.7 cm³/mol.